The van der Waals surface area contributed by atoms with Crippen molar-refractivity contribution in [2.45, 2.75) is 26.1 Å². The van der Waals surface area contributed by atoms with E-state index in [0.717, 1.165) is 0 Å². The van der Waals surface area contributed by atoms with E-state index in [1.54, 1.807) is 13.8 Å². The van der Waals surface area contributed by atoms with Gasteiger partial charge in [0, 0.05) is 0 Å². The normalized spacial score (nSPS) is 13.6. The summed E-state index contributed by atoms with van der Waals surface area (Å²) in [5.41, 5.74) is 0. The number of aliphatic hydroxyl groups excluding tert-OH is 2. The van der Waals surface area contributed by atoms with Gasteiger partial charge in [-0.3, -0.25) is 0 Å². The molecule has 0 aliphatic heterocycles. The Bertz CT molecular complexity index is 424. The molecule has 0 bridgehead atoms. The minimum Gasteiger partial charge on any atom is -0.748 e. The second-order valence-electron chi connectivity index (χ2n) is 4.25. The molecule has 2 N–H and O–H groups in total. The van der Waals surface area contributed by atoms with Crippen LogP contribution in [0.5, 0.6) is 0 Å². The molecular formula is C10H22Na2O10S2. The summed E-state index contributed by atoms with van der Waals surface area (Å²) in [4.78, 5) is 0. The van der Waals surface area contributed by atoms with E-state index in [1.807, 2.05) is 0 Å². The SMILES string of the molecule is CC(CO)OCCS(=O)(=O)[O-].CC(CO)OCCS(=O)(=O)[O-].[Na+].[Na+]. The van der Waals surface area contributed by atoms with Crippen LogP contribution in [0.4, 0.5) is 0 Å². The first-order valence-corrected chi connectivity index (χ1v) is 9.38. The molecule has 0 radical (unpaired) electrons. The molecule has 0 aliphatic rings. The van der Waals surface area contributed by atoms with Crippen molar-refractivity contribution < 1.29 is 105 Å². The molecule has 0 fully saturated rings. The number of hydrogen-bond acceptors (Lipinski definition) is 10. The molecule has 2 unspecified atom stereocenters. The van der Waals surface area contributed by atoms with Crippen molar-refractivity contribution >= 4 is 20.2 Å². The van der Waals surface area contributed by atoms with Gasteiger partial charge in [-0.15, -0.1) is 0 Å². The molecule has 10 nitrogen and oxygen atoms in total. The fourth-order valence-corrected chi connectivity index (χ4v) is 1.41. The second kappa shape index (κ2) is 18.0. The van der Waals surface area contributed by atoms with Gasteiger partial charge in [0.25, 0.3) is 0 Å². The average molecular weight is 412 g/mol. The third-order valence-corrected chi connectivity index (χ3v) is 3.32. The van der Waals surface area contributed by atoms with Gasteiger partial charge >= 0.3 is 59.1 Å². The molecule has 0 aromatic heterocycles. The molecule has 0 saturated heterocycles. The van der Waals surface area contributed by atoms with Gasteiger partial charge in [-0.1, -0.05) is 0 Å². The van der Waals surface area contributed by atoms with Crippen molar-refractivity contribution in [2.75, 3.05) is 37.9 Å². The van der Waals surface area contributed by atoms with Crippen LogP contribution in [0.25, 0.3) is 0 Å². The predicted molar refractivity (Wildman–Crippen MR) is 74.1 cm³/mol. The van der Waals surface area contributed by atoms with Crippen molar-refractivity contribution in [3.63, 3.8) is 0 Å². The standard InChI is InChI=1S/2C5H12O5S.2Na/c2*1-5(4-6)10-2-3-11(7,8)9;;/h2*5-6H,2-4H2,1H3,(H,7,8,9);;/q;;2*+1/p-2. The molecule has 0 aromatic rings. The van der Waals surface area contributed by atoms with E-state index in [-0.39, 0.29) is 85.5 Å². The summed E-state index contributed by atoms with van der Waals surface area (Å²) in [6, 6.07) is 0. The van der Waals surface area contributed by atoms with Crippen LogP contribution in [0, 0.1) is 0 Å². The van der Waals surface area contributed by atoms with Crippen LogP contribution in [0.3, 0.4) is 0 Å². The van der Waals surface area contributed by atoms with Gasteiger partial charge in [0.1, 0.15) is 0 Å². The fourth-order valence-electron chi connectivity index (χ4n) is 0.808. The zero-order valence-corrected chi connectivity index (χ0v) is 20.0. The number of rotatable bonds is 10. The molecule has 0 saturated carbocycles. The largest absolute Gasteiger partial charge is 1.00 e. The summed E-state index contributed by atoms with van der Waals surface area (Å²) in [6.45, 7) is 2.48. The quantitative estimate of drug-likeness (QED) is 0.259. The zero-order valence-electron chi connectivity index (χ0n) is 14.4. The smallest absolute Gasteiger partial charge is 0.748 e. The predicted octanol–water partition coefficient (Wildman–Crippen LogP) is -8.13. The molecule has 136 valence electrons. The van der Waals surface area contributed by atoms with E-state index in [1.165, 1.54) is 0 Å². The molecule has 0 rings (SSSR count). The molecule has 0 spiro atoms. The van der Waals surface area contributed by atoms with Crippen molar-refractivity contribution in [3.05, 3.63) is 0 Å². The molecule has 14 heteroatoms. The minimum atomic E-state index is -4.18. The van der Waals surface area contributed by atoms with Crippen LogP contribution in [0.2, 0.25) is 0 Å². The van der Waals surface area contributed by atoms with Crippen LogP contribution in [-0.2, 0) is 29.7 Å². The maximum absolute atomic E-state index is 10.0. The number of ether oxygens (including phenoxy) is 2. The van der Waals surface area contributed by atoms with Gasteiger partial charge in [-0.2, -0.15) is 0 Å². The summed E-state index contributed by atoms with van der Waals surface area (Å²) in [7, 11) is -8.37. The van der Waals surface area contributed by atoms with Crippen LogP contribution >= 0.6 is 0 Å². The summed E-state index contributed by atoms with van der Waals surface area (Å²) in [6.07, 6.45) is -0.839. The van der Waals surface area contributed by atoms with Gasteiger partial charge in [-0.05, 0) is 13.8 Å². The Balaban J connectivity index is -0.000000154. The molecule has 0 aromatic carbocycles. The van der Waals surface area contributed by atoms with Crippen LogP contribution in [0.1, 0.15) is 13.8 Å². The van der Waals surface area contributed by atoms with Crippen molar-refractivity contribution in [1.82, 2.24) is 0 Å². The third kappa shape index (κ3) is 31.4. The Morgan fingerprint density at radius 1 is 0.792 bits per heavy atom. The van der Waals surface area contributed by atoms with Crippen molar-refractivity contribution in [3.8, 4) is 0 Å². The molecular weight excluding hydrogens is 390 g/mol. The molecule has 0 aliphatic carbocycles. The Labute approximate surface area is 187 Å². The Morgan fingerprint density at radius 2 is 1.04 bits per heavy atom. The van der Waals surface area contributed by atoms with E-state index >= 15 is 0 Å². The molecule has 2 atom stereocenters. The monoisotopic (exact) mass is 412 g/mol. The van der Waals surface area contributed by atoms with E-state index in [4.69, 9.17) is 19.7 Å². The van der Waals surface area contributed by atoms with Crippen molar-refractivity contribution in [2.24, 2.45) is 0 Å². The van der Waals surface area contributed by atoms with Crippen LogP contribution in [-0.4, -0.2) is 86.3 Å². The number of hydrogen-bond donors (Lipinski definition) is 2. The summed E-state index contributed by atoms with van der Waals surface area (Å²) in [5, 5.41) is 16.8. The summed E-state index contributed by atoms with van der Waals surface area (Å²) >= 11 is 0. The maximum atomic E-state index is 10.0. The molecule has 0 amide bonds. The third-order valence-electron chi connectivity index (χ3n) is 1.99. The van der Waals surface area contributed by atoms with Crippen LogP contribution in [0.15, 0.2) is 0 Å². The van der Waals surface area contributed by atoms with Gasteiger partial charge < -0.3 is 28.8 Å². The maximum Gasteiger partial charge on any atom is 1.00 e. The van der Waals surface area contributed by atoms with E-state index < -0.39 is 43.9 Å². The van der Waals surface area contributed by atoms with Gasteiger partial charge in [0.05, 0.1) is 70.4 Å². The first-order valence-electron chi connectivity index (χ1n) is 6.23. The molecule has 24 heavy (non-hydrogen) atoms. The molecule has 0 heterocycles. The Morgan fingerprint density at radius 3 is 1.21 bits per heavy atom. The average Bonchev–Trinajstić information content (AvgIpc) is 2.36. The van der Waals surface area contributed by atoms with E-state index in [0.29, 0.717) is 0 Å². The van der Waals surface area contributed by atoms with E-state index in [2.05, 4.69) is 0 Å². The fraction of sp³-hybridized carbons (Fsp3) is 1.00. The Kier molecular flexibility index (Phi) is 25.0. The van der Waals surface area contributed by atoms with Crippen molar-refractivity contribution in [1.29, 1.82) is 0 Å². The summed E-state index contributed by atoms with van der Waals surface area (Å²) in [5.74, 6) is -1.09. The zero-order chi connectivity index (χ0) is 17.8. The van der Waals surface area contributed by atoms with Gasteiger partial charge in [-0.25, -0.2) is 16.8 Å². The first-order chi connectivity index (χ1) is 9.91. The minimum absolute atomic E-state index is 0. The second-order valence-corrected chi connectivity index (χ2v) is 7.30. The topological polar surface area (TPSA) is 173 Å². The van der Waals surface area contributed by atoms with Crippen LogP contribution < -0.4 is 59.1 Å². The number of aliphatic hydroxyl groups is 2. The summed E-state index contributed by atoms with van der Waals surface area (Å²) < 4.78 is 69.5. The Hall–Kier alpha value is 1.66. The van der Waals surface area contributed by atoms with E-state index in [9.17, 15) is 25.9 Å². The van der Waals surface area contributed by atoms with Gasteiger partial charge in [0.2, 0.25) is 0 Å². The van der Waals surface area contributed by atoms with Gasteiger partial charge in [0.15, 0.2) is 0 Å². The first kappa shape index (κ1) is 33.3.